The summed E-state index contributed by atoms with van der Waals surface area (Å²) in [7, 11) is 0. The van der Waals surface area contributed by atoms with E-state index in [1.165, 1.54) is 17.7 Å². The summed E-state index contributed by atoms with van der Waals surface area (Å²) >= 11 is 0. The van der Waals surface area contributed by atoms with E-state index in [0.717, 1.165) is 18.4 Å². The second kappa shape index (κ2) is 12.0. The minimum atomic E-state index is -0.621. The summed E-state index contributed by atoms with van der Waals surface area (Å²) in [5, 5.41) is 20.9. The lowest BCUT2D eigenvalue weighted by atomic mass is 9.87. The van der Waals surface area contributed by atoms with E-state index in [0.29, 0.717) is 53.6 Å². The van der Waals surface area contributed by atoms with E-state index in [1.54, 1.807) is 12.1 Å². The van der Waals surface area contributed by atoms with Gasteiger partial charge in [0, 0.05) is 23.3 Å². The van der Waals surface area contributed by atoms with Crippen molar-refractivity contribution in [1.29, 1.82) is 0 Å². The van der Waals surface area contributed by atoms with Crippen molar-refractivity contribution in [2.24, 2.45) is 5.92 Å². The Balaban J connectivity index is 2.03. The lowest BCUT2D eigenvalue weighted by molar-refractivity contribution is 0.0836. The lowest BCUT2D eigenvalue weighted by Gasteiger charge is -2.30. The molecule has 0 unspecified atom stereocenters. The van der Waals surface area contributed by atoms with Crippen LogP contribution in [0.1, 0.15) is 81.5 Å². The zero-order valence-electron chi connectivity index (χ0n) is 22.0. The molecule has 0 fully saturated rings. The fourth-order valence-electron chi connectivity index (χ4n) is 4.53. The number of rotatable bonds is 11. The van der Waals surface area contributed by atoms with Crippen molar-refractivity contribution in [2.45, 2.75) is 66.4 Å². The third-order valence-electron chi connectivity index (χ3n) is 6.43. The van der Waals surface area contributed by atoms with Gasteiger partial charge in [0.2, 0.25) is 0 Å². The average molecular weight is 495 g/mol. The van der Waals surface area contributed by atoms with Crippen LogP contribution in [0.2, 0.25) is 0 Å². The Morgan fingerprint density at radius 1 is 1.14 bits per heavy atom. The molecule has 0 amide bonds. The maximum atomic E-state index is 13.4. The molecule has 0 aromatic heterocycles. The number of Topliss-reactive ketones (excluding diaryl/α,β-unsaturated/α-hetero) is 1. The van der Waals surface area contributed by atoms with E-state index in [4.69, 9.17) is 14.2 Å². The van der Waals surface area contributed by atoms with Crippen LogP contribution in [-0.4, -0.2) is 29.2 Å². The molecular weight excluding hydrogens is 456 g/mol. The van der Waals surface area contributed by atoms with Crippen molar-refractivity contribution >= 4 is 5.78 Å². The highest BCUT2D eigenvalue weighted by atomic mass is 16.5. The molecule has 3 rings (SSSR count). The van der Waals surface area contributed by atoms with Crippen molar-refractivity contribution in [3.63, 3.8) is 0 Å². The zero-order valence-corrected chi connectivity index (χ0v) is 22.0. The maximum Gasteiger partial charge on any atom is 0.174 e. The van der Waals surface area contributed by atoms with Gasteiger partial charge >= 0.3 is 0 Å². The van der Waals surface area contributed by atoms with Gasteiger partial charge in [-0.2, -0.15) is 0 Å². The summed E-state index contributed by atoms with van der Waals surface area (Å²) in [4.78, 5) is 13.4. The number of hydrogen-bond donors (Lipinski definition) is 2. The zero-order chi connectivity index (χ0) is 26.4. The number of hydrogen-bond acceptors (Lipinski definition) is 6. The first kappa shape index (κ1) is 27.2. The highest BCUT2D eigenvalue weighted by Crippen LogP contribution is 2.48. The Hall–Kier alpha value is -3.41. The van der Waals surface area contributed by atoms with E-state index < -0.39 is 6.10 Å². The molecule has 194 valence electrons. The molecule has 0 spiro atoms. The van der Waals surface area contributed by atoms with Gasteiger partial charge in [0.15, 0.2) is 5.78 Å². The van der Waals surface area contributed by atoms with E-state index >= 15 is 0 Å². The molecular formula is C30H38O6. The van der Waals surface area contributed by atoms with Crippen molar-refractivity contribution in [1.82, 2.24) is 0 Å². The third-order valence-corrected chi connectivity index (χ3v) is 6.43. The van der Waals surface area contributed by atoms with Crippen LogP contribution in [0.3, 0.4) is 0 Å². The number of fused-ring (bicyclic) bond motifs is 1. The SMILES string of the molecule is C=C(C)[C@H](CC=C(C)C)CCc1c(O)cc(OCC)c2c1O[C@@H](c1ccc(O)cc1OCC)CC2=O. The minimum absolute atomic E-state index is 0.0454. The van der Waals surface area contributed by atoms with Gasteiger partial charge < -0.3 is 24.4 Å². The second-order valence-electron chi connectivity index (χ2n) is 9.50. The van der Waals surface area contributed by atoms with Gasteiger partial charge in [0.1, 0.15) is 40.4 Å². The summed E-state index contributed by atoms with van der Waals surface area (Å²) < 4.78 is 17.9. The quantitative estimate of drug-likeness (QED) is 0.325. The molecule has 1 aliphatic rings. The predicted molar refractivity (Wildman–Crippen MR) is 142 cm³/mol. The first-order valence-electron chi connectivity index (χ1n) is 12.6. The molecule has 0 saturated carbocycles. The Bertz CT molecular complexity index is 1140. The Morgan fingerprint density at radius 3 is 2.47 bits per heavy atom. The second-order valence-corrected chi connectivity index (χ2v) is 9.50. The molecule has 0 aliphatic carbocycles. The van der Waals surface area contributed by atoms with Crippen molar-refractivity contribution in [2.75, 3.05) is 13.2 Å². The molecule has 0 radical (unpaired) electrons. The Kier molecular flexibility index (Phi) is 9.08. The number of ketones is 1. The van der Waals surface area contributed by atoms with Crippen LogP contribution < -0.4 is 14.2 Å². The average Bonchev–Trinajstić information content (AvgIpc) is 2.80. The Labute approximate surface area is 214 Å². The normalized spacial score (nSPS) is 15.5. The Morgan fingerprint density at radius 2 is 1.83 bits per heavy atom. The van der Waals surface area contributed by atoms with Gasteiger partial charge in [0.25, 0.3) is 0 Å². The van der Waals surface area contributed by atoms with Crippen LogP contribution in [0.5, 0.6) is 28.7 Å². The van der Waals surface area contributed by atoms with E-state index in [2.05, 4.69) is 26.5 Å². The van der Waals surface area contributed by atoms with Crippen molar-refractivity contribution < 1.29 is 29.2 Å². The topological polar surface area (TPSA) is 85.2 Å². The third kappa shape index (κ3) is 6.23. The van der Waals surface area contributed by atoms with E-state index in [-0.39, 0.29) is 29.6 Å². The van der Waals surface area contributed by atoms with Gasteiger partial charge in [-0.05, 0) is 71.9 Å². The summed E-state index contributed by atoms with van der Waals surface area (Å²) in [5.74, 6) is 1.38. The molecule has 2 N–H and O–H groups in total. The number of phenolic OH excluding ortho intramolecular Hbond substituents is 2. The number of ether oxygens (including phenoxy) is 3. The largest absolute Gasteiger partial charge is 0.508 e. The smallest absolute Gasteiger partial charge is 0.174 e. The first-order valence-corrected chi connectivity index (χ1v) is 12.6. The molecule has 6 heteroatoms. The van der Waals surface area contributed by atoms with Crippen LogP contribution in [0.15, 0.2) is 48.1 Å². The van der Waals surface area contributed by atoms with Crippen LogP contribution in [-0.2, 0) is 6.42 Å². The van der Waals surface area contributed by atoms with E-state index in [1.807, 2.05) is 20.8 Å². The van der Waals surface area contributed by atoms with Gasteiger partial charge in [-0.15, -0.1) is 0 Å². The first-order chi connectivity index (χ1) is 17.2. The molecule has 2 aromatic rings. The lowest BCUT2D eigenvalue weighted by Crippen LogP contribution is -2.23. The van der Waals surface area contributed by atoms with Gasteiger partial charge in [-0.3, -0.25) is 4.79 Å². The van der Waals surface area contributed by atoms with Crippen LogP contribution in [0.4, 0.5) is 0 Å². The van der Waals surface area contributed by atoms with Crippen LogP contribution >= 0.6 is 0 Å². The molecule has 2 aromatic carbocycles. The van der Waals surface area contributed by atoms with Gasteiger partial charge in [-0.25, -0.2) is 0 Å². The maximum absolute atomic E-state index is 13.4. The highest BCUT2D eigenvalue weighted by molar-refractivity contribution is 6.03. The molecule has 1 heterocycles. The molecule has 2 atom stereocenters. The molecule has 6 nitrogen and oxygen atoms in total. The van der Waals surface area contributed by atoms with E-state index in [9.17, 15) is 15.0 Å². The molecule has 1 aliphatic heterocycles. The number of phenols is 2. The highest BCUT2D eigenvalue weighted by Gasteiger charge is 2.35. The standard InChI is InChI=1S/C30H38O6/c1-7-34-26-15-21(31)12-14-23(26)27-17-25(33)29-28(35-8-2)16-24(32)22(30(29)36-27)13-11-20(19(5)6)10-9-18(3)4/h9,12,14-16,20,27,31-32H,5,7-8,10-11,13,17H2,1-4,6H3/t20-,27-/m1/s1. The monoisotopic (exact) mass is 494 g/mol. The fraction of sp³-hybridized carbons (Fsp3) is 0.433. The van der Waals surface area contributed by atoms with Crippen LogP contribution in [0, 0.1) is 5.92 Å². The fourth-order valence-corrected chi connectivity index (χ4v) is 4.53. The van der Waals surface area contributed by atoms with Gasteiger partial charge in [-0.1, -0.05) is 23.8 Å². The van der Waals surface area contributed by atoms with Crippen molar-refractivity contribution in [3.8, 4) is 28.7 Å². The summed E-state index contributed by atoms with van der Waals surface area (Å²) in [6, 6.07) is 6.32. The number of carbonyl (C=O) groups is 1. The summed E-state index contributed by atoms with van der Waals surface area (Å²) in [5.41, 5.74) is 3.95. The predicted octanol–water partition coefficient (Wildman–Crippen LogP) is 7.08. The molecule has 36 heavy (non-hydrogen) atoms. The molecule has 0 bridgehead atoms. The van der Waals surface area contributed by atoms with Gasteiger partial charge in [0.05, 0.1) is 19.6 Å². The summed E-state index contributed by atoms with van der Waals surface area (Å²) in [6.07, 6.45) is 3.80. The molecule has 0 saturated heterocycles. The van der Waals surface area contributed by atoms with Crippen LogP contribution in [0.25, 0.3) is 0 Å². The number of carbonyl (C=O) groups excluding carboxylic acids is 1. The number of aromatic hydroxyl groups is 2. The number of benzene rings is 2. The minimum Gasteiger partial charge on any atom is -0.508 e. The number of allylic oxidation sites excluding steroid dienone is 3. The van der Waals surface area contributed by atoms with Crippen molar-refractivity contribution in [3.05, 3.63) is 64.8 Å². The summed E-state index contributed by atoms with van der Waals surface area (Å²) in [6.45, 7) is 14.8.